The second-order valence-corrected chi connectivity index (χ2v) is 8.33. The lowest BCUT2D eigenvalue weighted by molar-refractivity contribution is -0.137. The van der Waals surface area contributed by atoms with Gasteiger partial charge in [0, 0.05) is 29.7 Å². The molecule has 8 nitrogen and oxygen atoms in total. The van der Waals surface area contributed by atoms with Crippen molar-refractivity contribution in [2.24, 2.45) is 0 Å². The Bertz CT molecular complexity index is 1360. The number of ether oxygens (including phenoxy) is 1. The number of carboxylic acids is 1. The number of carbonyl (C=O) groups is 1. The van der Waals surface area contributed by atoms with Gasteiger partial charge in [-0.1, -0.05) is 11.2 Å². The number of nitrogens with zero attached hydrogens (tertiary/aromatic N) is 4. The predicted molar refractivity (Wildman–Crippen MR) is 118 cm³/mol. The van der Waals surface area contributed by atoms with Crippen LogP contribution in [0.2, 0.25) is 0 Å². The van der Waals surface area contributed by atoms with Gasteiger partial charge in [-0.3, -0.25) is 4.79 Å². The number of imidazole rings is 1. The highest BCUT2D eigenvalue weighted by Crippen LogP contribution is 2.45. The molecule has 1 saturated carbocycles. The van der Waals surface area contributed by atoms with E-state index in [0.717, 1.165) is 41.0 Å². The number of benzene rings is 1. The number of aliphatic carboxylic acids is 1. The molecule has 0 unspecified atom stereocenters. The van der Waals surface area contributed by atoms with Gasteiger partial charge in [-0.2, -0.15) is 0 Å². The maximum Gasteiger partial charge on any atom is 0.323 e. The van der Waals surface area contributed by atoms with Crippen LogP contribution in [0.25, 0.3) is 22.3 Å². The fourth-order valence-corrected chi connectivity index (χ4v) is 4.17. The van der Waals surface area contributed by atoms with Gasteiger partial charge in [0.15, 0.2) is 17.2 Å². The average Bonchev–Trinajstić information content (AvgIpc) is 3.48. The molecule has 33 heavy (non-hydrogen) atoms. The first-order chi connectivity index (χ1) is 15.9. The van der Waals surface area contributed by atoms with Crippen LogP contribution in [0.3, 0.4) is 0 Å². The fraction of sp³-hybridized carbons (Fsp3) is 0.333. The number of aryl methyl sites for hydroxylation is 3. The van der Waals surface area contributed by atoms with E-state index in [-0.39, 0.29) is 12.3 Å². The van der Waals surface area contributed by atoms with E-state index in [1.165, 1.54) is 13.2 Å². The third-order valence-corrected chi connectivity index (χ3v) is 5.94. The number of aromatic nitrogens is 4. The van der Waals surface area contributed by atoms with Gasteiger partial charge >= 0.3 is 5.97 Å². The molecule has 4 aromatic rings. The Hall–Kier alpha value is -3.75. The SMILES string of the molecule is COc1ccc(CCc2nc3cc(-c4c(C)noc4C4CC4)cnc3n2CC(=O)O)cc1F. The Morgan fingerprint density at radius 3 is 2.82 bits per heavy atom. The summed E-state index contributed by atoms with van der Waals surface area (Å²) in [6.07, 6.45) is 4.81. The van der Waals surface area contributed by atoms with Crippen molar-refractivity contribution in [3.05, 3.63) is 59.1 Å². The lowest BCUT2D eigenvalue weighted by Gasteiger charge is -2.07. The standard InChI is InChI=1S/C24H23FN4O4/c1-13-22(23(33-28-13)15-5-6-15)16-10-18-24(26-11-16)29(12-21(30)31)20(27-18)8-4-14-3-7-19(32-2)17(25)9-14/h3,7,9-11,15H,4-6,8,12H2,1-2H3,(H,30,31). The number of methoxy groups -OCH3 is 1. The summed E-state index contributed by atoms with van der Waals surface area (Å²) in [6.45, 7) is 1.64. The molecule has 3 aromatic heterocycles. The highest BCUT2D eigenvalue weighted by atomic mass is 19.1. The molecule has 0 atom stereocenters. The quantitative estimate of drug-likeness (QED) is 0.427. The van der Waals surface area contributed by atoms with Gasteiger partial charge in [0.2, 0.25) is 0 Å². The number of hydrogen-bond donors (Lipinski definition) is 1. The van der Waals surface area contributed by atoms with Crippen LogP contribution < -0.4 is 4.74 Å². The molecule has 0 spiro atoms. The molecule has 0 amide bonds. The first-order valence-electron chi connectivity index (χ1n) is 10.8. The van der Waals surface area contributed by atoms with Crippen LogP contribution in [-0.2, 0) is 24.2 Å². The molecule has 170 valence electrons. The van der Waals surface area contributed by atoms with Crippen LogP contribution in [0, 0.1) is 12.7 Å². The highest BCUT2D eigenvalue weighted by molar-refractivity contribution is 5.81. The zero-order valence-corrected chi connectivity index (χ0v) is 18.3. The molecule has 3 heterocycles. The minimum Gasteiger partial charge on any atom is -0.494 e. The summed E-state index contributed by atoms with van der Waals surface area (Å²) >= 11 is 0. The van der Waals surface area contributed by atoms with Gasteiger partial charge in [0.25, 0.3) is 0 Å². The monoisotopic (exact) mass is 450 g/mol. The lowest BCUT2D eigenvalue weighted by Crippen LogP contribution is -2.13. The maximum atomic E-state index is 14.1. The third-order valence-electron chi connectivity index (χ3n) is 5.94. The molecule has 0 aliphatic heterocycles. The fourth-order valence-electron chi connectivity index (χ4n) is 4.17. The van der Waals surface area contributed by atoms with Crippen molar-refractivity contribution in [1.82, 2.24) is 19.7 Å². The Balaban J connectivity index is 1.49. The largest absolute Gasteiger partial charge is 0.494 e. The molecular weight excluding hydrogens is 427 g/mol. The normalized spacial score (nSPS) is 13.5. The Morgan fingerprint density at radius 1 is 1.30 bits per heavy atom. The minimum atomic E-state index is -0.984. The number of hydrogen-bond acceptors (Lipinski definition) is 6. The number of carboxylic acid groups (broad SMARTS) is 1. The van der Waals surface area contributed by atoms with Gasteiger partial charge in [0.1, 0.15) is 23.6 Å². The second-order valence-electron chi connectivity index (χ2n) is 8.33. The first-order valence-corrected chi connectivity index (χ1v) is 10.8. The third kappa shape index (κ3) is 4.06. The Kier molecular flexibility index (Phi) is 5.32. The Labute approximate surface area is 189 Å². The summed E-state index contributed by atoms with van der Waals surface area (Å²) in [5, 5.41) is 13.6. The van der Waals surface area contributed by atoms with Crippen LogP contribution in [0.5, 0.6) is 5.75 Å². The predicted octanol–water partition coefficient (Wildman–Crippen LogP) is 4.29. The van der Waals surface area contributed by atoms with Crippen LogP contribution in [0.1, 0.15) is 41.6 Å². The van der Waals surface area contributed by atoms with E-state index in [1.807, 2.05) is 13.0 Å². The summed E-state index contributed by atoms with van der Waals surface area (Å²) in [6, 6.07) is 6.70. The van der Waals surface area contributed by atoms with E-state index in [1.54, 1.807) is 22.9 Å². The van der Waals surface area contributed by atoms with Gasteiger partial charge < -0.3 is 18.9 Å². The van der Waals surface area contributed by atoms with Gasteiger partial charge in [-0.05, 0) is 49.9 Å². The van der Waals surface area contributed by atoms with Gasteiger partial charge in [-0.25, -0.2) is 14.4 Å². The molecule has 9 heteroatoms. The first kappa shape index (κ1) is 21.1. The van der Waals surface area contributed by atoms with E-state index in [4.69, 9.17) is 14.2 Å². The topological polar surface area (TPSA) is 103 Å². The van der Waals surface area contributed by atoms with E-state index in [9.17, 15) is 14.3 Å². The summed E-state index contributed by atoms with van der Waals surface area (Å²) in [5.74, 6) is 0.613. The van der Waals surface area contributed by atoms with Crippen molar-refractivity contribution >= 4 is 17.1 Å². The molecule has 1 fully saturated rings. The molecule has 0 saturated heterocycles. The number of fused-ring (bicyclic) bond motifs is 1. The number of pyridine rings is 1. The van der Waals surface area contributed by atoms with Crippen molar-refractivity contribution < 1.29 is 23.6 Å². The van der Waals surface area contributed by atoms with Crippen LogP contribution in [0.15, 0.2) is 35.0 Å². The molecule has 1 aliphatic rings. The summed E-state index contributed by atoms with van der Waals surface area (Å²) in [5.41, 5.74) is 4.46. The van der Waals surface area contributed by atoms with Gasteiger partial charge in [0.05, 0.1) is 12.8 Å². The van der Waals surface area contributed by atoms with E-state index in [2.05, 4.69) is 10.1 Å². The number of halogens is 1. The van der Waals surface area contributed by atoms with Gasteiger partial charge in [-0.15, -0.1) is 0 Å². The molecule has 5 rings (SSSR count). The molecular formula is C24H23FN4O4. The van der Waals surface area contributed by atoms with Crippen molar-refractivity contribution in [2.45, 2.75) is 45.1 Å². The molecule has 1 aromatic carbocycles. The molecule has 0 bridgehead atoms. The zero-order chi connectivity index (χ0) is 23.1. The molecule has 1 aliphatic carbocycles. The average molecular weight is 450 g/mol. The van der Waals surface area contributed by atoms with Crippen LogP contribution >= 0.6 is 0 Å². The summed E-state index contributed by atoms with van der Waals surface area (Å²) < 4.78 is 26.2. The molecule has 0 radical (unpaired) electrons. The smallest absolute Gasteiger partial charge is 0.323 e. The van der Waals surface area contributed by atoms with Crippen molar-refractivity contribution in [3.8, 4) is 16.9 Å². The lowest BCUT2D eigenvalue weighted by atomic mass is 10.0. The minimum absolute atomic E-state index is 0.184. The van der Waals surface area contributed by atoms with Crippen molar-refractivity contribution in [1.29, 1.82) is 0 Å². The Morgan fingerprint density at radius 2 is 2.12 bits per heavy atom. The molecule has 1 N–H and O–H groups in total. The maximum absolute atomic E-state index is 14.1. The van der Waals surface area contributed by atoms with E-state index in [0.29, 0.717) is 35.7 Å². The van der Waals surface area contributed by atoms with Crippen LogP contribution in [-0.4, -0.2) is 37.9 Å². The number of rotatable bonds is 8. The summed E-state index contributed by atoms with van der Waals surface area (Å²) in [7, 11) is 1.42. The highest BCUT2D eigenvalue weighted by Gasteiger charge is 2.32. The van der Waals surface area contributed by atoms with E-state index >= 15 is 0 Å². The van der Waals surface area contributed by atoms with Crippen LogP contribution in [0.4, 0.5) is 4.39 Å². The zero-order valence-electron chi connectivity index (χ0n) is 18.3. The van der Waals surface area contributed by atoms with Crippen molar-refractivity contribution in [3.63, 3.8) is 0 Å². The summed E-state index contributed by atoms with van der Waals surface area (Å²) in [4.78, 5) is 20.8. The second kappa shape index (κ2) is 8.31. The van der Waals surface area contributed by atoms with E-state index < -0.39 is 11.8 Å². The van der Waals surface area contributed by atoms with Crippen molar-refractivity contribution in [2.75, 3.05) is 7.11 Å².